The molecule has 0 bridgehead atoms. The van der Waals surface area contributed by atoms with Gasteiger partial charge in [-0.1, -0.05) is 25.7 Å². The fraction of sp³-hybridized carbons (Fsp3) is 0.875. The van der Waals surface area contributed by atoms with Crippen LogP contribution in [0.5, 0.6) is 0 Å². The maximum Gasteiger partial charge on any atom is 0.324 e. The van der Waals surface area contributed by atoms with Gasteiger partial charge in [0.25, 0.3) is 0 Å². The number of halogens is 2. The van der Waals surface area contributed by atoms with E-state index >= 15 is 0 Å². The van der Waals surface area contributed by atoms with Crippen LogP contribution in [0.4, 0.5) is 0 Å². The van der Waals surface area contributed by atoms with Gasteiger partial charge in [-0.05, 0) is 12.8 Å². The lowest BCUT2D eigenvalue weighted by Crippen LogP contribution is -2.31. The van der Waals surface area contributed by atoms with E-state index in [-0.39, 0.29) is 12.4 Å². The molecule has 0 radical (unpaired) electrons. The van der Waals surface area contributed by atoms with Crippen molar-refractivity contribution in [1.82, 2.24) is 0 Å². The summed E-state index contributed by atoms with van der Waals surface area (Å²) in [6.45, 7) is 0. The van der Waals surface area contributed by atoms with Crippen LogP contribution in [0.25, 0.3) is 0 Å². The topological polar surface area (TPSA) is 37.3 Å². The number of carbonyl (C=O) groups is 1. The summed E-state index contributed by atoms with van der Waals surface area (Å²) in [6, 6.07) is 0. The van der Waals surface area contributed by atoms with Gasteiger partial charge in [0.05, 0.1) is 0 Å². The molecule has 12 heavy (non-hydrogen) atoms. The van der Waals surface area contributed by atoms with E-state index in [4.69, 9.17) is 16.7 Å². The number of aliphatic carboxylic acids is 1. The first-order chi connectivity index (χ1) is 5.15. The normalized spacial score (nSPS) is 22.1. The summed E-state index contributed by atoms with van der Waals surface area (Å²) in [4.78, 5) is 9.75. The Balaban J connectivity index is 0.00000121. The highest BCUT2D eigenvalue weighted by atomic mass is 35.5. The fourth-order valence-corrected chi connectivity index (χ4v) is 1.77. The van der Waals surface area contributed by atoms with Gasteiger partial charge in [-0.3, -0.25) is 4.79 Å². The average Bonchev–Trinajstić information content (AvgIpc) is 2.15. The number of hydrogen-bond donors (Lipinski definition) is 1. The van der Waals surface area contributed by atoms with Gasteiger partial charge in [-0.25, -0.2) is 0 Å². The zero-order chi connectivity index (χ0) is 8.32. The third kappa shape index (κ3) is 2.83. The Labute approximate surface area is 83.7 Å². The SMILES string of the molecule is Cl.O=C(O)C1(Cl)CCCCCC1. The highest BCUT2D eigenvalue weighted by Crippen LogP contribution is 2.32. The summed E-state index contributed by atoms with van der Waals surface area (Å²) >= 11 is 5.91. The van der Waals surface area contributed by atoms with Gasteiger partial charge in [-0.2, -0.15) is 0 Å². The Morgan fingerprint density at radius 2 is 1.58 bits per heavy atom. The van der Waals surface area contributed by atoms with Gasteiger partial charge in [0.15, 0.2) is 0 Å². The molecule has 1 aliphatic carbocycles. The Morgan fingerprint density at radius 1 is 1.17 bits per heavy atom. The predicted molar refractivity (Wildman–Crippen MR) is 51.2 cm³/mol. The molecule has 1 aliphatic rings. The second kappa shape index (κ2) is 4.93. The number of alkyl halides is 1. The molecule has 1 rings (SSSR count). The monoisotopic (exact) mass is 212 g/mol. The summed E-state index contributed by atoms with van der Waals surface area (Å²) in [5.74, 6) is -0.846. The largest absolute Gasteiger partial charge is 0.480 e. The molecule has 0 unspecified atom stereocenters. The quantitative estimate of drug-likeness (QED) is 0.537. The van der Waals surface area contributed by atoms with E-state index in [9.17, 15) is 4.79 Å². The fourth-order valence-electron chi connectivity index (χ4n) is 1.50. The third-order valence-corrected chi connectivity index (χ3v) is 2.82. The standard InChI is InChI=1S/C8H13ClO2.ClH/c9-8(7(10)11)5-3-1-2-4-6-8;/h1-6H2,(H,10,11);1H. The lowest BCUT2D eigenvalue weighted by Gasteiger charge is -2.18. The van der Waals surface area contributed by atoms with Crippen molar-refractivity contribution in [3.8, 4) is 0 Å². The van der Waals surface area contributed by atoms with Gasteiger partial charge in [0.2, 0.25) is 0 Å². The van der Waals surface area contributed by atoms with Gasteiger partial charge < -0.3 is 5.11 Å². The van der Waals surface area contributed by atoms with Crippen LogP contribution in [-0.2, 0) is 4.79 Å². The Bertz CT molecular complexity index is 151. The molecule has 0 aromatic heterocycles. The van der Waals surface area contributed by atoms with E-state index in [2.05, 4.69) is 0 Å². The molecule has 1 fully saturated rings. The van der Waals surface area contributed by atoms with Crippen molar-refractivity contribution in [2.75, 3.05) is 0 Å². The summed E-state index contributed by atoms with van der Waals surface area (Å²) in [5.41, 5.74) is 0. The van der Waals surface area contributed by atoms with Crippen LogP contribution in [0.15, 0.2) is 0 Å². The molecule has 0 aromatic rings. The van der Waals surface area contributed by atoms with Crippen LogP contribution >= 0.6 is 24.0 Å². The summed E-state index contributed by atoms with van der Waals surface area (Å²) in [6.07, 6.45) is 5.42. The van der Waals surface area contributed by atoms with Gasteiger partial charge in [0, 0.05) is 0 Å². The minimum Gasteiger partial charge on any atom is -0.480 e. The first-order valence-electron chi connectivity index (χ1n) is 4.07. The maximum absolute atomic E-state index is 10.7. The van der Waals surface area contributed by atoms with Gasteiger partial charge in [0.1, 0.15) is 4.87 Å². The lowest BCUT2D eigenvalue weighted by molar-refractivity contribution is -0.140. The van der Waals surface area contributed by atoms with Crippen molar-refractivity contribution in [2.24, 2.45) is 0 Å². The van der Waals surface area contributed by atoms with Crippen molar-refractivity contribution in [2.45, 2.75) is 43.4 Å². The van der Waals surface area contributed by atoms with E-state index < -0.39 is 10.8 Å². The highest BCUT2D eigenvalue weighted by Gasteiger charge is 2.35. The van der Waals surface area contributed by atoms with Crippen molar-refractivity contribution in [3.63, 3.8) is 0 Å². The highest BCUT2D eigenvalue weighted by molar-refractivity contribution is 6.33. The summed E-state index contributed by atoms with van der Waals surface area (Å²) in [5, 5.41) is 8.79. The van der Waals surface area contributed by atoms with Crippen LogP contribution in [0, 0.1) is 0 Å². The first kappa shape index (κ1) is 12.0. The number of hydrogen-bond acceptors (Lipinski definition) is 1. The minimum absolute atomic E-state index is 0. The number of carboxylic acid groups (broad SMARTS) is 1. The number of rotatable bonds is 1. The lowest BCUT2D eigenvalue weighted by atomic mass is 10.00. The molecule has 0 aromatic carbocycles. The molecule has 0 aliphatic heterocycles. The van der Waals surface area contributed by atoms with Crippen molar-refractivity contribution in [3.05, 3.63) is 0 Å². The van der Waals surface area contributed by atoms with Gasteiger partial charge >= 0.3 is 5.97 Å². The minimum atomic E-state index is -0.948. The van der Waals surface area contributed by atoms with E-state index in [1.54, 1.807) is 0 Å². The van der Waals surface area contributed by atoms with E-state index in [1.165, 1.54) is 0 Å². The second-order valence-corrected chi connectivity index (χ2v) is 3.91. The van der Waals surface area contributed by atoms with Crippen LogP contribution in [0.2, 0.25) is 0 Å². The molecule has 1 N–H and O–H groups in total. The molecule has 0 amide bonds. The Morgan fingerprint density at radius 3 is 1.92 bits per heavy atom. The molecule has 1 saturated carbocycles. The molecule has 0 atom stereocenters. The molecule has 0 spiro atoms. The van der Waals surface area contributed by atoms with E-state index in [0.29, 0.717) is 12.8 Å². The zero-order valence-corrected chi connectivity index (χ0v) is 8.46. The summed E-state index contributed by atoms with van der Waals surface area (Å²) in [7, 11) is 0. The molecule has 72 valence electrons. The molecule has 4 heteroatoms. The maximum atomic E-state index is 10.7. The predicted octanol–water partition coefficient (Wildman–Crippen LogP) is 2.82. The Kier molecular flexibility index (Phi) is 4.95. The molecular weight excluding hydrogens is 199 g/mol. The van der Waals surface area contributed by atoms with Gasteiger partial charge in [-0.15, -0.1) is 24.0 Å². The molecule has 0 saturated heterocycles. The average molecular weight is 213 g/mol. The number of carboxylic acids is 1. The third-order valence-electron chi connectivity index (χ3n) is 2.28. The van der Waals surface area contributed by atoms with Crippen molar-refractivity contribution < 1.29 is 9.90 Å². The summed E-state index contributed by atoms with van der Waals surface area (Å²) < 4.78 is 0. The van der Waals surface area contributed by atoms with Crippen LogP contribution in [0.1, 0.15) is 38.5 Å². The zero-order valence-electron chi connectivity index (χ0n) is 6.88. The van der Waals surface area contributed by atoms with Crippen LogP contribution < -0.4 is 0 Å². The first-order valence-corrected chi connectivity index (χ1v) is 4.45. The molecule has 0 heterocycles. The van der Waals surface area contributed by atoms with Crippen molar-refractivity contribution >= 4 is 30.0 Å². The molecule has 2 nitrogen and oxygen atoms in total. The second-order valence-electron chi connectivity index (χ2n) is 3.18. The smallest absolute Gasteiger partial charge is 0.324 e. The van der Waals surface area contributed by atoms with Crippen LogP contribution in [0.3, 0.4) is 0 Å². The molecular formula is C8H14Cl2O2. The van der Waals surface area contributed by atoms with E-state index in [0.717, 1.165) is 25.7 Å². The van der Waals surface area contributed by atoms with E-state index in [1.807, 2.05) is 0 Å². The van der Waals surface area contributed by atoms with Crippen molar-refractivity contribution in [1.29, 1.82) is 0 Å². The Hall–Kier alpha value is 0.0500. The van der Waals surface area contributed by atoms with Crippen LogP contribution in [-0.4, -0.2) is 16.0 Å².